The lowest BCUT2D eigenvalue weighted by molar-refractivity contribution is -0.0312. The predicted octanol–water partition coefficient (Wildman–Crippen LogP) is 1.13. The molecule has 0 amide bonds. The van der Waals surface area contributed by atoms with E-state index in [4.69, 9.17) is 25.7 Å². The van der Waals surface area contributed by atoms with Crippen molar-refractivity contribution in [1.82, 2.24) is 24.7 Å². The number of rotatable bonds is 10. The third kappa shape index (κ3) is 5.97. The van der Waals surface area contributed by atoms with Crippen LogP contribution in [0.25, 0.3) is 11.0 Å². The molecule has 5 rings (SSSR count). The predicted molar refractivity (Wildman–Crippen MR) is 144 cm³/mol. The second kappa shape index (κ2) is 11.5. The lowest BCUT2D eigenvalue weighted by atomic mass is 9.88. The first-order chi connectivity index (χ1) is 19.0. The molecular weight excluding hydrogens is 586 g/mol. The third-order valence-corrected chi connectivity index (χ3v) is 10.9. The van der Waals surface area contributed by atoms with Gasteiger partial charge in [-0.2, -0.15) is 4.31 Å². The molecule has 0 aliphatic carbocycles. The molecule has 3 aromatic rings. The molecule has 40 heavy (non-hydrogen) atoms. The molecule has 2 aliphatic heterocycles. The first kappa shape index (κ1) is 29.1. The molecule has 1 spiro atoms. The molecule has 2 saturated heterocycles. The summed E-state index contributed by atoms with van der Waals surface area (Å²) in [5.41, 5.74) is -0.144. The Bertz CT molecular complexity index is 1570. The zero-order chi connectivity index (χ0) is 28.5. The lowest BCUT2D eigenvalue weighted by Crippen LogP contribution is -2.47. The number of aromatic nitrogens is 2. The molecule has 0 bridgehead atoms. The molecule has 2 atom stereocenters. The third-order valence-electron chi connectivity index (χ3n) is 7.26. The Morgan fingerprint density at radius 3 is 2.67 bits per heavy atom. The van der Waals surface area contributed by atoms with Gasteiger partial charge in [0.25, 0.3) is 0 Å². The van der Waals surface area contributed by atoms with Crippen LogP contribution in [0.2, 0.25) is 5.02 Å². The van der Waals surface area contributed by atoms with Crippen molar-refractivity contribution in [2.24, 2.45) is 0 Å². The molecule has 1 aromatic heterocycles. The summed E-state index contributed by atoms with van der Waals surface area (Å²) in [6.45, 7) is 1.22. The van der Waals surface area contributed by atoms with Crippen LogP contribution < -0.4 is 14.8 Å². The van der Waals surface area contributed by atoms with Crippen molar-refractivity contribution in [1.29, 1.82) is 0 Å². The van der Waals surface area contributed by atoms with Crippen LogP contribution in [-0.4, -0.2) is 94.2 Å². The topological polar surface area (TPSA) is 173 Å². The number of ether oxygens (including phenoxy) is 2. The van der Waals surface area contributed by atoms with Gasteiger partial charge in [-0.15, -0.1) is 0 Å². The highest BCUT2D eigenvalue weighted by Gasteiger charge is 2.45. The van der Waals surface area contributed by atoms with Crippen molar-refractivity contribution in [3.8, 4) is 5.75 Å². The van der Waals surface area contributed by atoms with Crippen LogP contribution in [-0.2, 0) is 24.8 Å². The fourth-order valence-corrected chi connectivity index (χ4v) is 7.53. The van der Waals surface area contributed by atoms with Gasteiger partial charge in [0.15, 0.2) is 11.0 Å². The van der Waals surface area contributed by atoms with Gasteiger partial charge in [-0.1, -0.05) is 17.7 Å². The summed E-state index contributed by atoms with van der Waals surface area (Å²) in [4.78, 5) is 0.0755. The van der Waals surface area contributed by atoms with Gasteiger partial charge in [0, 0.05) is 31.7 Å². The van der Waals surface area contributed by atoms with E-state index in [-0.39, 0.29) is 58.1 Å². The van der Waals surface area contributed by atoms with Crippen molar-refractivity contribution in [3.63, 3.8) is 0 Å². The van der Waals surface area contributed by atoms with E-state index >= 15 is 0 Å². The van der Waals surface area contributed by atoms with Crippen LogP contribution in [0.1, 0.15) is 19.3 Å². The van der Waals surface area contributed by atoms with E-state index in [1.165, 1.54) is 35.6 Å². The van der Waals surface area contributed by atoms with Crippen LogP contribution in [0, 0.1) is 0 Å². The van der Waals surface area contributed by atoms with E-state index < -0.39 is 31.8 Å². The Labute approximate surface area is 236 Å². The van der Waals surface area contributed by atoms with E-state index in [0.717, 1.165) is 0 Å². The smallest absolute Gasteiger partial charge is 0.245 e. The Hall–Kier alpha value is -2.37. The van der Waals surface area contributed by atoms with Gasteiger partial charge in [-0.25, -0.2) is 26.2 Å². The molecule has 16 heteroatoms. The second-order valence-electron chi connectivity index (χ2n) is 9.86. The van der Waals surface area contributed by atoms with Crippen LogP contribution in [0.3, 0.4) is 0 Å². The summed E-state index contributed by atoms with van der Waals surface area (Å²) in [6.07, 6.45) is 0.887. The number of aliphatic hydroxyl groups excluding tert-OH is 1. The summed E-state index contributed by atoms with van der Waals surface area (Å²) < 4.78 is 70.7. The average molecular weight is 616 g/mol. The number of sulfonamides is 2. The maximum Gasteiger partial charge on any atom is 0.245 e. The average Bonchev–Trinajstić information content (AvgIpc) is 3.59. The highest BCUT2D eigenvalue weighted by molar-refractivity contribution is 7.89. The molecule has 2 unspecified atom stereocenters. The molecule has 2 aromatic carbocycles. The molecule has 2 fully saturated rings. The maximum atomic E-state index is 13.4. The minimum Gasteiger partial charge on any atom is -0.491 e. The second-order valence-corrected chi connectivity index (χ2v) is 14.1. The highest BCUT2D eigenvalue weighted by atomic mass is 35.5. The van der Waals surface area contributed by atoms with Gasteiger partial charge in [-0.05, 0) is 60.9 Å². The van der Waals surface area contributed by atoms with Gasteiger partial charge in [-0.3, -0.25) is 0 Å². The Kier molecular flexibility index (Phi) is 8.37. The van der Waals surface area contributed by atoms with Crippen molar-refractivity contribution in [2.45, 2.75) is 46.8 Å². The van der Waals surface area contributed by atoms with Crippen LogP contribution in [0.4, 0.5) is 0 Å². The van der Waals surface area contributed by atoms with Crippen LogP contribution >= 0.6 is 11.6 Å². The first-order valence-electron chi connectivity index (χ1n) is 12.7. The summed E-state index contributed by atoms with van der Waals surface area (Å²) in [5.74, 6) is 0.333. The first-order valence-corrected chi connectivity index (χ1v) is 16.0. The minimum absolute atomic E-state index is 0.00238. The van der Waals surface area contributed by atoms with E-state index in [9.17, 15) is 21.9 Å². The lowest BCUT2D eigenvalue weighted by Gasteiger charge is -2.38. The van der Waals surface area contributed by atoms with E-state index in [1.54, 1.807) is 12.1 Å². The molecule has 218 valence electrons. The summed E-state index contributed by atoms with van der Waals surface area (Å²) >= 11 is 6.08. The summed E-state index contributed by atoms with van der Waals surface area (Å²) in [6, 6.07) is 8.90. The van der Waals surface area contributed by atoms with E-state index in [0.29, 0.717) is 31.6 Å². The van der Waals surface area contributed by atoms with Gasteiger partial charge >= 0.3 is 0 Å². The molecule has 2 aliphatic rings. The molecule has 3 heterocycles. The van der Waals surface area contributed by atoms with Crippen LogP contribution in [0.5, 0.6) is 5.75 Å². The van der Waals surface area contributed by atoms with Gasteiger partial charge in [0.1, 0.15) is 23.4 Å². The number of halogens is 1. The van der Waals surface area contributed by atoms with E-state index in [1.807, 2.05) is 0 Å². The van der Waals surface area contributed by atoms with Crippen molar-refractivity contribution in [3.05, 3.63) is 41.4 Å². The Balaban J connectivity index is 1.10. The zero-order valence-corrected chi connectivity index (χ0v) is 24.0. The number of hydrogen-bond acceptors (Lipinski definition) is 11. The van der Waals surface area contributed by atoms with E-state index in [2.05, 4.69) is 20.4 Å². The van der Waals surface area contributed by atoms with Crippen molar-refractivity contribution < 1.29 is 36.0 Å². The normalized spacial score (nSPS) is 20.7. The van der Waals surface area contributed by atoms with Gasteiger partial charge in [0.05, 0.1) is 22.1 Å². The number of fused-ring (bicyclic) bond motifs is 1. The minimum atomic E-state index is -3.84. The Morgan fingerprint density at radius 1 is 1.18 bits per heavy atom. The zero-order valence-electron chi connectivity index (χ0n) is 21.6. The highest BCUT2D eigenvalue weighted by Crippen LogP contribution is 2.38. The van der Waals surface area contributed by atoms with Crippen molar-refractivity contribution >= 4 is 42.7 Å². The molecule has 3 N–H and O–H groups in total. The number of piperidine rings is 1. The SMILES string of the molecule is CNS(=O)(=O)c1cccc(OCC(O)CNC2COC3(CCN(S(=O)(=O)c4ccc(Cl)c5nonc45)CC3)C2)c1. The fourth-order valence-electron chi connectivity index (χ4n) is 5.02. The number of nitrogens with zero attached hydrogens (tertiary/aromatic N) is 3. The quantitative estimate of drug-likeness (QED) is 0.298. The Morgan fingerprint density at radius 2 is 1.93 bits per heavy atom. The number of nitrogens with one attached hydrogen (secondary N) is 2. The standard InChI is InChI=1S/C24H30ClN5O8S2/c1-26-39(32,33)19-4-2-3-18(11-19)36-15-17(31)13-27-16-12-24(37-14-16)7-9-30(10-8-24)40(34,35)21-6-5-20(25)22-23(21)29-38-28-22/h2-6,11,16-17,26-27,31H,7-10,12-15H2,1H3. The molecule has 13 nitrogen and oxygen atoms in total. The fraction of sp³-hybridized carbons (Fsp3) is 0.500. The molecule has 0 saturated carbocycles. The van der Waals surface area contributed by atoms with Crippen LogP contribution in [0.15, 0.2) is 50.8 Å². The largest absolute Gasteiger partial charge is 0.491 e. The summed E-state index contributed by atoms with van der Waals surface area (Å²) in [7, 11) is -6.11. The van der Waals surface area contributed by atoms with Gasteiger partial charge in [0.2, 0.25) is 20.0 Å². The number of hydrogen-bond donors (Lipinski definition) is 3. The van der Waals surface area contributed by atoms with Crippen molar-refractivity contribution in [2.75, 3.05) is 39.9 Å². The number of benzene rings is 2. The van der Waals surface area contributed by atoms with Gasteiger partial charge < -0.3 is 19.9 Å². The molecular formula is C24H30ClN5O8S2. The molecule has 0 radical (unpaired) electrons. The monoisotopic (exact) mass is 615 g/mol. The summed E-state index contributed by atoms with van der Waals surface area (Å²) in [5, 5.41) is 21.4. The maximum absolute atomic E-state index is 13.4. The number of aliphatic hydroxyl groups is 1.